The maximum Gasteiger partial charge on any atom is 1.00 e. The summed E-state index contributed by atoms with van der Waals surface area (Å²) >= 11 is 0. The molecular weight excluding hydrogens is 187 g/mol. The summed E-state index contributed by atoms with van der Waals surface area (Å²) in [5.74, 6) is 0. The van der Waals surface area contributed by atoms with Crippen LogP contribution in [-0.2, 0) is 14.7 Å². The molecule has 0 heterocycles. The number of phosphoric acid groups is 1. The molecule has 9 heteroatoms. The maximum absolute atomic E-state index is 9.08. The molecule has 0 saturated heterocycles. The topological polar surface area (TPSA) is 138 Å². The van der Waals surface area contributed by atoms with Gasteiger partial charge in [0.1, 0.15) is 0 Å². The third kappa shape index (κ3) is 988000. The zero-order valence-corrected chi connectivity index (χ0v) is 6.50. The first-order chi connectivity index (χ1) is 4.00. The van der Waals surface area contributed by atoms with Gasteiger partial charge in [-0.1, -0.05) is 0 Å². The molecule has 0 amide bonds. The van der Waals surface area contributed by atoms with Crippen molar-refractivity contribution in [2.75, 3.05) is 6.26 Å². The molecule has 7 nitrogen and oxygen atoms in total. The van der Waals surface area contributed by atoms with Gasteiger partial charge in [-0.3, -0.25) is 4.57 Å². The molecule has 0 aromatic carbocycles. The highest BCUT2D eigenvalue weighted by atomic mass is 32.2. The van der Waals surface area contributed by atoms with Gasteiger partial charge in [-0.15, -0.1) is 0 Å². The van der Waals surface area contributed by atoms with Crippen LogP contribution in [0.25, 0.3) is 0 Å². The molecule has 0 aliphatic carbocycles. The summed E-state index contributed by atoms with van der Waals surface area (Å²) in [5.41, 5.74) is 0. The number of hydrogen-bond acceptors (Lipinski definition) is 5. The van der Waals surface area contributed by atoms with Gasteiger partial charge in [-0.25, -0.2) is 8.42 Å². The third-order valence-electron chi connectivity index (χ3n) is 0. The Hall–Kier alpha value is 0.0200. The van der Waals surface area contributed by atoms with E-state index in [2.05, 4.69) is 0 Å². The van der Waals surface area contributed by atoms with Gasteiger partial charge in [-0.05, 0) is 0 Å². The minimum absolute atomic E-state index is 0. The van der Waals surface area contributed by atoms with Crippen LogP contribution in [0.2, 0.25) is 0 Å². The second-order valence-electron chi connectivity index (χ2n) is 1.19. The van der Waals surface area contributed by atoms with Crippen molar-refractivity contribution in [1.29, 1.82) is 0 Å². The molecule has 0 spiro atoms. The molecule has 0 atom stereocenters. The van der Waals surface area contributed by atoms with Crippen molar-refractivity contribution in [3.05, 3.63) is 0 Å². The molecule has 0 unspecified atom stereocenters. The molecule has 0 aliphatic heterocycles. The van der Waals surface area contributed by atoms with Gasteiger partial charge in [0.2, 0.25) is 0 Å². The SMILES string of the molecule is CS(=O)(=O)[O-].O=P([O-])(O)O.[H+].[H+]. The zero-order valence-electron chi connectivity index (χ0n) is 6.79. The van der Waals surface area contributed by atoms with E-state index in [1.54, 1.807) is 0 Å². The molecule has 0 aromatic rings. The molecule has 0 radical (unpaired) electrons. The zero-order chi connectivity index (χ0) is 9.00. The summed E-state index contributed by atoms with van der Waals surface area (Å²) in [6.07, 6.45) is 0.604. The second-order valence-corrected chi connectivity index (χ2v) is 3.58. The average Bonchev–Trinajstić information content (AvgIpc) is 1.12. The third-order valence-corrected chi connectivity index (χ3v) is 0. The van der Waals surface area contributed by atoms with Crippen LogP contribution in [0, 0.1) is 0 Å². The van der Waals surface area contributed by atoms with Crippen LogP contribution in [0.5, 0.6) is 0 Å². The van der Waals surface area contributed by atoms with Crippen molar-refractivity contribution in [2.24, 2.45) is 0 Å². The van der Waals surface area contributed by atoms with E-state index in [1.165, 1.54) is 0 Å². The summed E-state index contributed by atoms with van der Waals surface area (Å²) < 4.78 is 36.0. The second kappa shape index (κ2) is 4.02. The Balaban J connectivity index is -0.0000000457. The van der Waals surface area contributed by atoms with E-state index in [-0.39, 0.29) is 2.85 Å². The van der Waals surface area contributed by atoms with Crippen LogP contribution in [0.15, 0.2) is 0 Å². The van der Waals surface area contributed by atoms with E-state index in [9.17, 15) is 0 Å². The van der Waals surface area contributed by atoms with Crippen molar-refractivity contribution >= 4 is 17.9 Å². The first-order valence-electron chi connectivity index (χ1n) is 1.67. The van der Waals surface area contributed by atoms with Gasteiger partial charge in [0.15, 0.2) is 0 Å². The maximum atomic E-state index is 9.08. The molecule has 0 fully saturated rings. The summed E-state index contributed by atoms with van der Waals surface area (Å²) in [7, 11) is -8.81. The largest absolute Gasteiger partial charge is 1.00 e. The van der Waals surface area contributed by atoms with Crippen molar-refractivity contribution in [3.8, 4) is 0 Å². The summed E-state index contributed by atoms with van der Waals surface area (Å²) in [6, 6.07) is 0. The van der Waals surface area contributed by atoms with Crippen LogP contribution in [0.1, 0.15) is 2.85 Å². The molecule has 0 aromatic heterocycles. The normalized spacial score (nSPS) is 11.7. The fourth-order valence-electron chi connectivity index (χ4n) is 0. The van der Waals surface area contributed by atoms with Crippen LogP contribution < -0.4 is 4.89 Å². The Morgan fingerprint density at radius 3 is 1.50 bits per heavy atom. The van der Waals surface area contributed by atoms with E-state index in [0.29, 0.717) is 6.26 Å². The molecule has 10 heavy (non-hydrogen) atoms. The minimum atomic E-state index is -4.89. The lowest BCUT2D eigenvalue weighted by Crippen LogP contribution is -1.94. The van der Waals surface area contributed by atoms with E-state index in [1.807, 2.05) is 0 Å². The highest BCUT2D eigenvalue weighted by Crippen LogP contribution is 2.18. The first kappa shape index (κ1) is 12.7. The van der Waals surface area contributed by atoms with Gasteiger partial charge in [0.05, 0.1) is 10.1 Å². The van der Waals surface area contributed by atoms with Crippen LogP contribution in [0.4, 0.5) is 0 Å². The molecule has 0 rings (SSSR count). The van der Waals surface area contributed by atoms with Gasteiger partial charge in [0.25, 0.3) is 7.82 Å². The van der Waals surface area contributed by atoms with E-state index in [0.717, 1.165) is 0 Å². The van der Waals surface area contributed by atoms with Gasteiger partial charge >= 0.3 is 2.85 Å². The molecule has 64 valence electrons. The lowest BCUT2D eigenvalue weighted by atomic mass is 12.0. The molecule has 2 N–H and O–H groups in total. The van der Waals surface area contributed by atoms with Crippen LogP contribution in [-0.4, -0.2) is 29.0 Å². The molecular formula is CH7O7PS. The van der Waals surface area contributed by atoms with Crippen LogP contribution in [0.3, 0.4) is 0 Å². The van der Waals surface area contributed by atoms with Crippen molar-refractivity contribution in [2.45, 2.75) is 0 Å². The van der Waals surface area contributed by atoms with Crippen molar-refractivity contribution < 1.29 is 35.1 Å². The summed E-state index contributed by atoms with van der Waals surface area (Å²) in [5, 5.41) is 0. The van der Waals surface area contributed by atoms with Crippen LogP contribution >= 0.6 is 7.82 Å². The highest BCUT2D eigenvalue weighted by Gasteiger charge is 1.82. The smallest absolute Gasteiger partial charge is 0.756 e. The summed E-state index contributed by atoms with van der Waals surface area (Å²) in [4.78, 5) is 22.9. The Morgan fingerprint density at radius 1 is 1.50 bits per heavy atom. The molecule has 0 aliphatic rings. The standard InChI is InChI=1S/CH4O3S.H3O4P/c2*1-5(2,3)4/h1H3,(H,2,3,4);(H3,1,2,3,4). The van der Waals surface area contributed by atoms with Gasteiger partial charge in [0, 0.05) is 6.26 Å². The lowest BCUT2D eigenvalue weighted by molar-refractivity contribution is -0.214. The fourth-order valence-corrected chi connectivity index (χ4v) is 0. The average molecular weight is 194 g/mol. The predicted molar refractivity (Wildman–Crippen MR) is 29.9 cm³/mol. The number of hydrogen-bond donors (Lipinski definition) is 2. The summed E-state index contributed by atoms with van der Waals surface area (Å²) in [6.45, 7) is 0. The fraction of sp³-hybridized carbons (Fsp3) is 1.00. The number of rotatable bonds is 0. The van der Waals surface area contributed by atoms with Gasteiger partial charge < -0.3 is 19.2 Å². The van der Waals surface area contributed by atoms with Gasteiger partial charge in [-0.2, -0.15) is 0 Å². The minimum Gasteiger partial charge on any atom is -0.756 e. The lowest BCUT2D eigenvalue weighted by Gasteiger charge is -2.01. The Labute approximate surface area is 60.3 Å². The van der Waals surface area contributed by atoms with Crippen molar-refractivity contribution in [3.63, 3.8) is 0 Å². The Morgan fingerprint density at radius 2 is 1.50 bits per heavy atom. The first-order valence-corrected chi connectivity index (χ1v) is 5.02. The van der Waals surface area contributed by atoms with E-state index in [4.69, 9.17) is 32.2 Å². The molecule has 0 bridgehead atoms. The van der Waals surface area contributed by atoms with Crippen molar-refractivity contribution in [1.82, 2.24) is 0 Å². The van der Waals surface area contributed by atoms with E-state index >= 15 is 0 Å². The highest BCUT2D eigenvalue weighted by molar-refractivity contribution is 7.84. The molecule has 0 saturated carbocycles. The predicted octanol–water partition coefficient (Wildman–Crippen LogP) is -2.17. The monoisotopic (exact) mass is 194 g/mol. The Kier molecular flexibility index (Phi) is 5.09. The van der Waals surface area contributed by atoms with E-state index < -0.39 is 17.9 Å². The Bertz CT molecular complexity index is 199. The quantitative estimate of drug-likeness (QED) is 0.330.